The van der Waals surface area contributed by atoms with Gasteiger partial charge in [0.25, 0.3) is 0 Å². The molecule has 38 heavy (non-hydrogen) atoms. The van der Waals surface area contributed by atoms with Crippen LogP contribution in [0.4, 0.5) is 22.0 Å². The second-order valence-corrected chi connectivity index (χ2v) is 8.72. The van der Waals surface area contributed by atoms with Crippen molar-refractivity contribution in [2.24, 2.45) is 5.92 Å². The third-order valence-electron chi connectivity index (χ3n) is 5.26. The Morgan fingerprint density at radius 2 is 1.61 bits per heavy atom. The number of rotatable bonds is 7. The van der Waals surface area contributed by atoms with Gasteiger partial charge in [-0.05, 0) is 30.5 Å². The number of aromatic amines is 1. The Labute approximate surface area is 222 Å². The summed E-state index contributed by atoms with van der Waals surface area (Å²) < 4.78 is 60.7. The van der Waals surface area contributed by atoms with Crippen molar-refractivity contribution in [2.75, 3.05) is 0 Å². The lowest BCUT2D eigenvalue weighted by Crippen LogP contribution is -2.27. The Bertz CT molecular complexity index is 951. The Hall–Kier alpha value is -2.72. The van der Waals surface area contributed by atoms with Gasteiger partial charge in [-0.3, -0.25) is 9.59 Å². The molecule has 1 aliphatic rings. The van der Waals surface area contributed by atoms with Crippen molar-refractivity contribution < 1.29 is 31.5 Å². The molecule has 0 unspecified atom stereocenters. The normalized spacial score (nSPS) is 14.2. The molecule has 1 aliphatic carbocycles. The van der Waals surface area contributed by atoms with Crippen LogP contribution < -0.4 is 10.6 Å². The van der Waals surface area contributed by atoms with E-state index in [1.165, 1.54) is 0 Å². The fourth-order valence-electron chi connectivity index (χ4n) is 3.29. The van der Waals surface area contributed by atoms with Gasteiger partial charge in [0.15, 0.2) is 0 Å². The molecule has 0 aliphatic heterocycles. The Balaban J connectivity index is 0.000000952. The molecule has 0 bridgehead atoms. The standard InChI is InChI=1S/C17H21F3N4O2.C6H10F2.2C2H6/c1-10(2)16(26)22-9-14-23-12-4-3-11(7-13(12)24-14)8-21-15(25)5-6-17(18,19)20;7-6(8)4-2-1-3-5-6;2*1-2/h3-4,7,10H,5-6,8-9H2,1-2H3,(H,21,25)(H,22,26)(H,23,24);1-5H2;2*1-2H3. The van der Waals surface area contributed by atoms with E-state index in [2.05, 4.69) is 20.6 Å². The summed E-state index contributed by atoms with van der Waals surface area (Å²) in [6.07, 6.45) is -3.40. The molecule has 0 saturated heterocycles. The van der Waals surface area contributed by atoms with Crippen LogP contribution >= 0.6 is 0 Å². The molecule has 3 rings (SSSR count). The fourth-order valence-corrected chi connectivity index (χ4v) is 3.29. The number of fused-ring (bicyclic) bond motifs is 1. The lowest BCUT2D eigenvalue weighted by atomic mass is 9.97. The number of aromatic nitrogens is 2. The van der Waals surface area contributed by atoms with Crippen LogP contribution in [0.25, 0.3) is 11.0 Å². The summed E-state index contributed by atoms with van der Waals surface area (Å²) in [5, 5.41) is 5.22. The second kappa shape index (κ2) is 17.7. The van der Waals surface area contributed by atoms with E-state index in [-0.39, 0.29) is 37.8 Å². The smallest absolute Gasteiger partial charge is 0.352 e. The Morgan fingerprint density at radius 3 is 2.11 bits per heavy atom. The highest BCUT2D eigenvalue weighted by Gasteiger charge is 2.30. The minimum atomic E-state index is -4.34. The first-order valence-corrected chi connectivity index (χ1v) is 13.3. The summed E-state index contributed by atoms with van der Waals surface area (Å²) in [7, 11) is 0. The van der Waals surface area contributed by atoms with E-state index < -0.39 is 30.8 Å². The predicted molar refractivity (Wildman–Crippen MR) is 141 cm³/mol. The van der Waals surface area contributed by atoms with Gasteiger partial charge in [-0.2, -0.15) is 13.2 Å². The summed E-state index contributed by atoms with van der Waals surface area (Å²) in [6.45, 7) is 12.0. The molecular formula is C27H43F5N4O2. The molecule has 1 aromatic carbocycles. The van der Waals surface area contributed by atoms with Crippen molar-refractivity contribution in [3.63, 3.8) is 0 Å². The quantitative estimate of drug-likeness (QED) is 0.313. The zero-order valence-electron chi connectivity index (χ0n) is 23.3. The molecule has 3 N–H and O–H groups in total. The topological polar surface area (TPSA) is 86.9 Å². The van der Waals surface area contributed by atoms with Crippen molar-refractivity contribution in [3.05, 3.63) is 29.6 Å². The summed E-state index contributed by atoms with van der Waals surface area (Å²) in [6, 6.07) is 5.25. The summed E-state index contributed by atoms with van der Waals surface area (Å²) in [5.41, 5.74) is 2.16. The van der Waals surface area contributed by atoms with Crippen LogP contribution in [-0.2, 0) is 22.7 Å². The fraction of sp³-hybridized carbons (Fsp3) is 0.667. The molecule has 0 atom stereocenters. The van der Waals surface area contributed by atoms with Gasteiger partial charge in [-0.1, -0.05) is 54.0 Å². The highest BCUT2D eigenvalue weighted by Crippen LogP contribution is 2.32. The van der Waals surface area contributed by atoms with E-state index >= 15 is 0 Å². The van der Waals surface area contributed by atoms with Gasteiger partial charge in [0, 0.05) is 31.7 Å². The minimum Gasteiger partial charge on any atom is -0.352 e. The van der Waals surface area contributed by atoms with Crippen LogP contribution in [0.5, 0.6) is 0 Å². The number of H-pyrrole nitrogens is 1. The predicted octanol–water partition coefficient (Wildman–Crippen LogP) is 7.43. The van der Waals surface area contributed by atoms with Crippen LogP contribution in [0.1, 0.15) is 97.9 Å². The van der Waals surface area contributed by atoms with Crippen molar-refractivity contribution in [2.45, 2.75) is 112 Å². The van der Waals surface area contributed by atoms with Gasteiger partial charge in [-0.25, -0.2) is 13.8 Å². The zero-order valence-corrected chi connectivity index (χ0v) is 23.3. The lowest BCUT2D eigenvalue weighted by molar-refractivity contribution is -0.144. The highest BCUT2D eigenvalue weighted by atomic mass is 19.4. The van der Waals surface area contributed by atoms with Crippen molar-refractivity contribution in [3.8, 4) is 0 Å². The van der Waals surface area contributed by atoms with Crippen LogP contribution in [0.2, 0.25) is 0 Å². The number of alkyl halides is 5. The largest absolute Gasteiger partial charge is 0.389 e. The van der Waals surface area contributed by atoms with Crippen LogP contribution in [0.15, 0.2) is 18.2 Å². The van der Waals surface area contributed by atoms with Crippen LogP contribution in [0.3, 0.4) is 0 Å². The Kier molecular flexibility index (Phi) is 16.5. The summed E-state index contributed by atoms with van der Waals surface area (Å²) >= 11 is 0. The monoisotopic (exact) mass is 550 g/mol. The van der Waals surface area contributed by atoms with Gasteiger partial charge >= 0.3 is 6.18 Å². The van der Waals surface area contributed by atoms with E-state index in [1.54, 1.807) is 32.0 Å². The molecule has 2 amide bonds. The Morgan fingerprint density at radius 1 is 1.00 bits per heavy atom. The minimum absolute atomic E-state index is 0.0762. The number of hydrogen-bond acceptors (Lipinski definition) is 3. The van der Waals surface area contributed by atoms with Crippen molar-refractivity contribution >= 4 is 22.8 Å². The number of halogens is 5. The molecule has 1 aromatic heterocycles. The first kappa shape index (κ1) is 35.3. The van der Waals surface area contributed by atoms with Gasteiger partial charge in [-0.15, -0.1) is 0 Å². The van der Waals surface area contributed by atoms with Crippen LogP contribution in [-0.4, -0.2) is 33.9 Å². The van der Waals surface area contributed by atoms with Crippen LogP contribution in [0, 0.1) is 5.92 Å². The SMILES string of the molecule is CC.CC.CC(C)C(=O)NCc1nc2ccc(CNC(=O)CCC(F)(F)F)cc2[nH]1.FC1(F)CCCCC1. The molecule has 1 saturated carbocycles. The molecule has 1 heterocycles. The van der Waals surface area contributed by atoms with E-state index in [0.29, 0.717) is 24.2 Å². The molecule has 218 valence electrons. The summed E-state index contributed by atoms with van der Waals surface area (Å²) in [4.78, 5) is 30.5. The molecule has 2 aromatic rings. The third kappa shape index (κ3) is 14.9. The van der Waals surface area contributed by atoms with E-state index in [4.69, 9.17) is 0 Å². The molecule has 11 heteroatoms. The molecule has 0 radical (unpaired) electrons. The molecular weight excluding hydrogens is 507 g/mol. The first-order chi connectivity index (χ1) is 17.8. The maximum absolute atomic E-state index is 12.2. The maximum atomic E-state index is 12.2. The molecule has 0 spiro atoms. The van der Waals surface area contributed by atoms with Gasteiger partial charge in [0.05, 0.1) is 24.0 Å². The third-order valence-corrected chi connectivity index (χ3v) is 5.26. The molecule has 1 fully saturated rings. The van der Waals surface area contributed by atoms with Gasteiger partial charge in [0.2, 0.25) is 17.7 Å². The average molecular weight is 551 g/mol. The van der Waals surface area contributed by atoms with E-state index in [1.807, 2.05) is 27.7 Å². The first-order valence-electron chi connectivity index (χ1n) is 13.3. The number of imidazole rings is 1. The highest BCUT2D eigenvalue weighted by molar-refractivity contribution is 5.79. The second-order valence-electron chi connectivity index (χ2n) is 8.72. The van der Waals surface area contributed by atoms with Crippen molar-refractivity contribution in [1.29, 1.82) is 0 Å². The number of carbonyl (C=O) groups excluding carboxylic acids is 2. The maximum Gasteiger partial charge on any atom is 0.389 e. The van der Waals surface area contributed by atoms with Crippen molar-refractivity contribution in [1.82, 2.24) is 20.6 Å². The molecule has 6 nitrogen and oxygen atoms in total. The summed E-state index contributed by atoms with van der Waals surface area (Å²) in [5.74, 6) is -2.57. The van der Waals surface area contributed by atoms with E-state index in [0.717, 1.165) is 17.5 Å². The number of nitrogens with one attached hydrogen (secondary N) is 3. The number of hydrogen-bond donors (Lipinski definition) is 3. The van der Waals surface area contributed by atoms with Gasteiger partial charge < -0.3 is 15.6 Å². The number of benzene rings is 1. The zero-order chi connectivity index (χ0) is 29.4. The number of carbonyl (C=O) groups is 2. The number of nitrogens with zero attached hydrogens (tertiary/aromatic N) is 1. The lowest BCUT2D eigenvalue weighted by Gasteiger charge is -2.20. The van der Waals surface area contributed by atoms with Gasteiger partial charge in [0.1, 0.15) is 5.82 Å². The number of amides is 2. The average Bonchev–Trinajstić information content (AvgIpc) is 3.29. The van der Waals surface area contributed by atoms with E-state index in [9.17, 15) is 31.5 Å².